The Kier molecular flexibility index (Phi) is 7.24. The lowest BCUT2D eigenvalue weighted by molar-refractivity contribution is -0.384. The summed E-state index contributed by atoms with van der Waals surface area (Å²) in [5, 5.41) is 18.2. The Bertz CT molecular complexity index is 1360. The average Bonchev–Trinajstić information content (AvgIpc) is 3.32. The Morgan fingerprint density at radius 3 is 2.44 bits per heavy atom. The first-order chi connectivity index (χ1) is 17.3. The first-order valence-electron chi connectivity index (χ1n) is 11.2. The van der Waals surface area contributed by atoms with Crippen molar-refractivity contribution in [2.24, 2.45) is 5.92 Å². The van der Waals surface area contributed by atoms with E-state index in [0.29, 0.717) is 41.0 Å². The van der Waals surface area contributed by atoms with Crippen molar-refractivity contribution in [2.75, 3.05) is 19.0 Å². The van der Waals surface area contributed by atoms with E-state index < -0.39 is 4.92 Å². The normalized spacial score (nSPS) is 10.8. The molecular weight excluding hydrogens is 462 g/mol. The van der Waals surface area contributed by atoms with Gasteiger partial charge in [0.05, 0.1) is 24.3 Å². The number of nitrogens with one attached hydrogen (secondary N) is 1. The maximum Gasteiger partial charge on any atom is 0.336 e. The van der Waals surface area contributed by atoms with Gasteiger partial charge < -0.3 is 14.8 Å². The lowest BCUT2D eigenvalue weighted by atomic mass is 10.2. The zero-order chi connectivity index (χ0) is 25.7. The highest BCUT2D eigenvalue weighted by molar-refractivity contribution is 6.04. The number of nitro benzene ring substituents is 1. The maximum absolute atomic E-state index is 12.5. The van der Waals surface area contributed by atoms with Gasteiger partial charge in [-0.1, -0.05) is 26.0 Å². The third kappa shape index (κ3) is 5.66. The van der Waals surface area contributed by atoms with Crippen LogP contribution in [0.1, 0.15) is 24.2 Å². The molecule has 4 rings (SSSR count). The number of hydrogen-bond acceptors (Lipinski definition) is 7. The van der Waals surface area contributed by atoms with Gasteiger partial charge in [-0.25, -0.2) is 4.68 Å². The molecule has 0 aliphatic heterocycles. The molecule has 0 fully saturated rings. The van der Waals surface area contributed by atoms with Crippen molar-refractivity contribution >= 4 is 17.3 Å². The second-order valence-electron chi connectivity index (χ2n) is 8.37. The lowest BCUT2D eigenvalue weighted by Crippen LogP contribution is -2.12. The summed E-state index contributed by atoms with van der Waals surface area (Å²) in [7, 11) is 1.60. The number of carbonyl (C=O) groups is 1. The van der Waals surface area contributed by atoms with Crippen molar-refractivity contribution in [1.29, 1.82) is 0 Å². The molecule has 1 heterocycles. The highest BCUT2D eigenvalue weighted by Crippen LogP contribution is 2.27. The number of amides is 1. The fraction of sp³-hybridized carbons (Fsp3) is 0.192. The van der Waals surface area contributed by atoms with Crippen LogP contribution in [0.25, 0.3) is 17.1 Å². The zero-order valence-corrected chi connectivity index (χ0v) is 20.0. The quantitative estimate of drug-likeness (QED) is 0.256. The van der Waals surface area contributed by atoms with Crippen LogP contribution in [-0.2, 0) is 0 Å². The molecule has 0 aliphatic carbocycles. The highest BCUT2D eigenvalue weighted by Gasteiger charge is 2.16. The van der Waals surface area contributed by atoms with Crippen LogP contribution in [0.3, 0.4) is 0 Å². The summed E-state index contributed by atoms with van der Waals surface area (Å²) in [4.78, 5) is 27.4. The monoisotopic (exact) mass is 487 g/mol. The first kappa shape index (κ1) is 24.4. The summed E-state index contributed by atoms with van der Waals surface area (Å²) in [5.41, 5.74) is 2.31. The standard InChI is InChI=1S/C26H25N5O5/c1-17(2)16-36-26-28-24(19-5-4-6-23(15-19)35-3)30(29-26)21-13-9-20(10-14-21)27-25(32)18-7-11-22(12-8-18)31(33)34/h4-15,17H,16H2,1-3H3,(H,27,32). The predicted molar refractivity (Wildman–Crippen MR) is 135 cm³/mol. The topological polar surface area (TPSA) is 121 Å². The number of rotatable bonds is 9. The maximum atomic E-state index is 12.5. The van der Waals surface area contributed by atoms with Gasteiger partial charge in [-0.3, -0.25) is 14.9 Å². The molecule has 0 bridgehead atoms. The van der Waals surface area contributed by atoms with E-state index in [4.69, 9.17) is 9.47 Å². The van der Waals surface area contributed by atoms with Crippen molar-refractivity contribution in [3.63, 3.8) is 0 Å². The van der Waals surface area contributed by atoms with Crippen LogP contribution in [0, 0.1) is 16.0 Å². The number of methoxy groups -OCH3 is 1. The molecule has 10 nitrogen and oxygen atoms in total. The van der Waals surface area contributed by atoms with E-state index in [1.165, 1.54) is 24.3 Å². The van der Waals surface area contributed by atoms with Gasteiger partial charge in [-0.2, -0.15) is 4.98 Å². The Balaban J connectivity index is 1.59. The van der Waals surface area contributed by atoms with Crippen LogP contribution in [0.2, 0.25) is 0 Å². The van der Waals surface area contributed by atoms with E-state index in [0.717, 1.165) is 5.56 Å². The predicted octanol–water partition coefficient (Wildman–Crippen LogP) is 5.14. The van der Waals surface area contributed by atoms with E-state index >= 15 is 0 Å². The van der Waals surface area contributed by atoms with Crippen LogP contribution in [0.5, 0.6) is 11.8 Å². The van der Waals surface area contributed by atoms with E-state index in [-0.39, 0.29) is 17.6 Å². The molecule has 0 unspecified atom stereocenters. The number of hydrogen-bond donors (Lipinski definition) is 1. The van der Waals surface area contributed by atoms with E-state index in [9.17, 15) is 14.9 Å². The molecule has 0 aliphatic rings. The first-order valence-corrected chi connectivity index (χ1v) is 11.2. The van der Waals surface area contributed by atoms with Gasteiger partial charge in [-0.05, 0) is 54.4 Å². The minimum atomic E-state index is -0.510. The van der Waals surface area contributed by atoms with Crippen LogP contribution in [-0.4, -0.2) is 39.3 Å². The number of ether oxygens (including phenoxy) is 2. The summed E-state index contributed by atoms with van der Waals surface area (Å²) in [5.74, 6) is 1.21. The number of nitrogens with zero attached hydrogens (tertiary/aromatic N) is 4. The molecule has 0 spiro atoms. The smallest absolute Gasteiger partial charge is 0.336 e. The highest BCUT2D eigenvalue weighted by atomic mass is 16.6. The zero-order valence-electron chi connectivity index (χ0n) is 20.0. The molecule has 1 N–H and O–H groups in total. The Morgan fingerprint density at radius 1 is 1.08 bits per heavy atom. The summed E-state index contributed by atoms with van der Waals surface area (Å²) in [6.07, 6.45) is 0. The van der Waals surface area contributed by atoms with Gasteiger partial charge in [0.25, 0.3) is 11.6 Å². The molecule has 1 aromatic heterocycles. The van der Waals surface area contributed by atoms with Crippen LogP contribution < -0.4 is 14.8 Å². The largest absolute Gasteiger partial charge is 0.497 e. The third-order valence-corrected chi connectivity index (χ3v) is 5.17. The Hall–Kier alpha value is -4.73. The molecule has 3 aromatic carbocycles. The molecule has 1 amide bonds. The fourth-order valence-corrected chi connectivity index (χ4v) is 3.35. The fourth-order valence-electron chi connectivity index (χ4n) is 3.35. The number of benzene rings is 3. The van der Waals surface area contributed by atoms with E-state index in [1.54, 1.807) is 36.1 Å². The molecule has 184 valence electrons. The summed E-state index contributed by atoms with van der Waals surface area (Å²) < 4.78 is 12.8. The summed E-state index contributed by atoms with van der Waals surface area (Å²) >= 11 is 0. The third-order valence-electron chi connectivity index (χ3n) is 5.17. The van der Waals surface area contributed by atoms with Crippen molar-refractivity contribution in [1.82, 2.24) is 14.8 Å². The van der Waals surface area contributed by atoms with Gasteiger partial charge in [0, 0.05) is 28.9 Å². The van der Waals surface area contributed by atoms with Gasteiger partial charge in [-0.15, -0.1) is 5.10 Å². The molecule has 0 radical (unpaired) electrons. The van der Waals surface area contributed by atoms with Crippen LogP contribution in [0.15, 0.2) is 72.8 Å². The van der Waals surface area contributed by atoms with Gasteiger partial charge in [0.1, 0.15) is 5.75 Å². The molecule has 0 atom stereocenters. The van der Waals surface area contributed by atoms with Crippen molar-refractivity contribution in [3.8, 4) is 28.8 Å². The second-order valence-corrected chi connectivity index (χ2v) is 8.37. The number of aromatic nitrogens is 3. The molecule has 10 heteroatoms. The van der Waals surface area contributed by atoms with Crippen molar-refractivity contribution < 1.29 is 19.2 Å². The van der Waals surface area contributed by atoms with Gasteiger partial charge in [0.2, 0.25) is 0 Å². The van der Waals surface area contributed by atoms with E-state index in [1.807, 2.05) is 38.1 Å². The number of non-ortho nitro benzene ring substituents is 1. The Morgan fingerprint density at radius 2 is 1.81 bits per heavy atom. The molecular formula is C26H25N5O5. The Labute approximate surface area is 207 Å². The SMILES string of the molecule is COc1cccc(-c2nc(OCC(C)C)nn2-c2ccc(NC(=O)c3ccc([N+](=O)[O-])cc3)cc2)c1. The molecule has 36 heavy (non-hydrogen) atoms. The number of nitro groups is 1. The van der Waals surface area contributed by atoms with Crippen LogP contribution in [0.4, 0.5) is 11.4 Å². The second kappa shape index (κ2) is 10.7. The van der Waals surface area contributed by atoms with Crippen LogP contribution >= 0.6 is 0 Å². The van der Waals surface area contributed by atoms with Crippen molar-refractivity contribution in [2.45, 2.75) is 13.8 Å². The average molecular weight is 488 g/mol. The molecule has 4 aromatic rings. The minimum absolute atomic E-state index is 0.0766. The summed E-state index contributed by atoms with van der Waals surface area (Å²) in [6.45, 7) is 4.57. The number of anilines is 1. The molecule has 0 saturated carbocycles. The summed E-state index contributed by atoms with van der Waals surface area (Å²) in [6, 6.07) is 20.3. The van der Waals surface area contributed by atoms with Crippen molar-refractivity contribution in [3.05, 3.63) is 88.5 Å². The van der Waals surface area contributed by atoms with Gasteiger partial charge in [0.15, 0.2) is 5.82 Å². The molecule has 0 saturated heterocycles. The number of carbonyl (C=O) groups excluding carboxylic acids is 1. The van der Waals surface area contributed by atoms with Gasteiger partial charge >= 0.3 is 6.01 Å². The lowest BCUT2D eigenvalue weighted by Gasteiger charge is -2.09. The minimum Gasteiger partial charge on any atom is -0.497 e. The van der Waals surface area contributed by atoms with E-state index in [2.05, 4.69) is 15.4 Å².